The molecule has 4 aromatic heterocycles. The van der Waals surface area contributed by atoms with Gasteiger partial charge in [-0.3, -0.25) is 21.8 Å². The van der Waals surface area contributed by atoms with Crippen LogP contribution in [0.4, 0.5) is 0 Å². The van der Waals surface area contributed by atoms with Gasteiger partial charge >= 0.3 is 44.8 Å². The van der Waals surface area contributed by atoms with E-state index in [1.807, 2.05) is 84.9 Å². The van der Waals surface area contributed by atoms with Gasteiger partial charge in [0, 0.05) is 82.5 Å². The summed E-state index contributed by atoms with van der Waals surface area (Å²) in [5, 5.41) is 4.92. The molecule has 0 unspecified atom stereocenters. The molecule has 4 nitrogen and oxygen atoms in total. The first-order chi connectivity index (χ1) is 22.1. The maximum atomic E-state index is 7.18. The summed E-state index contributed by atoms with van der Waals surface area (Å²) in [6.45, 7) is 0. The molecule has 47 heavy (non-hydrogen) atoms. The number of hydrogen-bond acceptors (Lipinski definition) is 2. The molecule has 4 heterocycles. The first kappa shape index (κ1) is 35.2. The molecule has 0 aliphatic carbocycles. The summed E-state index contributed by atoms with van der Waals surface area (Å²) in [5.74, 6) is 4.86. The van der Waals surface area contributed by atoms with E-state index in [0.29, 0.717) is 0 Å². The minimum atomic E-state index is 0. The molecule has 4 aromatic carbocycles. The Labute approximate surface area is 306 Å². The van der Waals surface area contributed by atoms with Gasteiger partial charge in [0.25, 0.3) is 0 Å². The van der Waals surface area contributed by atoms with Crippen molar-refractivity contribution in [2.45, 2.75) is 6.42 Å². The van der Waals surface area contributed by atoms with Gasteiger partial charge in [0.15, 0.2) is 0 Å². The molecule has 0 atom stereocenters. The monoisotopic (exact) mass is 972 g/mol. The molecular weight excluding hydrogens is 942 g/mol. The van der Waals surface area contributed by atoms with Crippen molar-refractivity contribution in [2.75, 3.05) is 0 Å². The molecule has 0 N–H and O–H groups in total. The molecule has 0 spiro atoms. The number of rotatable bonds is 2. The minimum Gasteiger partial charge on any atom is -0.366 e. The molecule has 8 rings (SSSR count). The quantitative estimate of drug-likeness (QED) is 0.0990. The van der Waals surface area contributed by atoms with E-state index in [4.69, 9.17) is 12.8 Å². The topological polar surface area (TPSA) is 35.6 Å². The molecule has 0 saturated carbocycles. The summed E-state index contributed by atoms with van der Waals surface area (Å²) in [4.78, 5) is 8.47. The van der Waals surface area contributed by atoms with Crippen LogP contribution in [0, 0.1) is 24.7 Å². The molecule has 0 bridgehead atoms. The number of nitrogens with zero attached hydrogens (tertiary/aromatic N) is 4. The van der Waals surface area contributed by atoms with Crippen LogP contribution in [0.2, 0.25) is 0 Å². The van der Waals surface area contributed by atoms with E-state index in [2.05, 4.69) is 81.4 Å². The van der Waals surface area contributed by atoms with Crippen molar-refractivity contribution in [3.8, 4) is 11.8 Å². The molecule has 0 saturated heterocycles. The number of fused-ring (bicyclic) bond motifs is 6. The van der Waals surface area contributed by atoms with Crippen molar-refractivity contribution in [3.63, 3.8) is 0 Å². The molecule has 0 fully saturated rings. The Morgan fingerprint density at radius 2 is 0.936 bits per heavy atom. The van der Waals surface area contributed by atoms with Crippen LogP contribution in [0.15, 0.2) is 134 Å². The first-order valence-corrected chi connectivity index (χ1v) is 14.7. The van der Waals surface area contributed by atoms with Crippen LogP contribution in [0.5, 0.6) is 0 Å². The number of para-hydroxylation sites is 2. The maximum absolute atomic E-state index is 7.18. The second-order valence-electron chi connectivity index (χ2n) is 10.7. The molecule has 8 aromatic rings. The summed E-state index contributed by atoms with van der Waals surface area (Å²) in [6, 6.07) is 40.5. The fraction of sp³-hybridized carbons (Fsp3) is 0.0732. The second kappa shape index (κ2) is 16.3. The Hall–Kier alpha value is -4.62. The maximum Gasteiger partial charge on any atom is 1.00 e. The Kier molecular flexibility index (Phi) is 12.2. The average molecular weight is 973 g/mol. The van der Waals surface area contributed by atoms with Crippen LogP contribution in [0.1, 0.15) is 22.5 Å². The summed E-state index contributed by atoms with van der Waals surface area (Å²) in [7, 11) is 4.12. The zero-order valence-corrected chi connectivity index (χ0v) is 30.1. The Morgan fingerprint density at radius 1 is 0.489 bits per heavy atom. The van der Waals surface area contributed by atoms with E-state index in [9.17, 15) is 0 Å². The Morgan fingerprint density at radius 3 is 1.49 bits per heavy atom. The van der Waals surface area contributed by atoms with E-state index in [1.165, 1.54) is 38.1 Å². The summed E-state index contributed by atoms with van der Waals surface area (Å²) < 4.78 is 4.34. The molecule has 0 radical (unpaired) electrons. The van der Waals surface area contributed by atoms with E-state index in [-0.39, 0.29) is 44.8 Å². The molecule has 0 aliphatic rings. The minimum absolute atomic E-state index is 0. The number of aryl methyl sites for hydroxylation is 2. The Balaban J connectivity index is 0.000000157. The van der Waals surface area contributed by atoms with E-state index >= 15 is 0 Å². The van der Waals surface area contributed by atoms with Gasteiger partial charge in [0.1, 0.15) is 0 Å². The van der Waals surface area contributed by atoms with Gasteiger partial charge in [-0.25, -0.2) is 0 Å². The standard InChI is InChI=1S/2C15H10N.C11H10N2.2Au/c1-3-11-8-9-15-13(10-11)12-6-4-5-7-14(12)16(15)2;1-3-11-8-9-13-12-6-4-5-7-14(12)16(2)15(13)10-11;1-3-7-12-10(5-1)9-11-6-2-4-8-13-11;;/h2*4-10H,2H3;1-8H,9H2;;/q2*-1;;2*+1. The number of aromatic nitrogens is 4. The Bertz CT molecular complexity index is 2300. The van der Waals surface area contributed by atoms with Gasteiger partial charge in [0.05, 0.1) is 0 Å². The summed E-state index contributed by atoms with van der Waals surface area (Å²) >= 11 is 0. The van der Waals surface area contributed by atoms with Crippen molar-refractivity contribution in [2.24, 2.45) is 14.1 Å². The van der Waals surface area contributed by atoms with Gasteiger partial charge in [0.2, 0.25) is 0 Å². The van der Waals surface area contributed by atoms with Crippen molar-refractivity contribution in [1.29, 1.82) is 0 Å². The van der Waals surface area contributed by atoms with Crippen molar-refractivity contribution in [3.05, 3.63) is 169 Å². The zero-order valence-electron chi connectivity index (χ0n) is 25.8. The number of hydrogen-bond donors (Lipinski definition) is 0. The fourth-order valence-electron chi connectivity index (χ4n) is 5.67. The van der Waals surface area contributed by atoms with Gasteiger partial charge < -0.3 is 22.0 Å². The number of pyridine rings is 2. The summed E-state index contributed by atoms with van der Waals surface area (Å²) in [6.07, 6.45) is 18.8. The van der Waals surface area contributed by atoms with Crippen LogP contribution in [-0.4, -0.2) is 19.1 Å². The normalized spacial score (nSPS) is 10.0. The molecule has 236 valence electrons. The third-order valence-corrected chi connectivity index (χ3v) is 7.93. The first-order valence-electron chi connectivity index (χ1n) is 14.7. The zero-order chi connectivity index (χ0) is 31.2. The van der Waals surface area contributed by atoms with Gasteiger partial charge in [-0.1, -0.05) is 60.7 Å². The molecule has 0 aliphatic heterocycles. The van der Waals surface area contributed by atoms with E-state index < -0.39 is 0 Å². The molecule has 6 heteroatoms. The third-order valence-electron chi connectivity index (χ3n) is 7.93. The van der Waals surface area contributed by atoms with Gasteiger partial charge in [-0.2, -0.15) is 0 Å². The number of benzene rings is 4. The van der Waals surface area contributed by atoms with Crippen molar-refractivity contribution < 1.29 is 44.8 Å². The molecular formula is C41H30Au2N4. The second-order valence-corrected chi connectivity index (χ2v) is 10.7. The van der Waals surface area contributed by atoms with Crippen LogP contribution < -0.4 is 0 Å². The van der Waals surface area contributed by atoms with Crippen LogP contribution in [0.25, 0.3) is 43.6 Å². The fourth-order valence-corrected chi connectivity index (χ4v) is 5.67. The van der Waals surface area contributed by atoms with E-state index in [0.717, 1.165) is 34.5 Å². The molecule has 0 amide bonds. The van der Waals surface area contributed by atoms with Crippen molar-refractivity contribution in [1.82, 2.24) is 19.1 Å². The average Bonchev–Trinajstić information content (AvgIpc) is 3.56. The van der Waals surface area contributed by atoms with Crippen LogP contribution in [-0.2, 0) is 65.3 Å². The van der Waals surface area contributed by atoms with Crippen LogP contribution in [0.3, 0.4) is 0 Å². The van der Waals surface area contributed by atoms with Gasteiger partial charge in [-0.15, -0.1) is 35.4 Å². The summed E-state index contributed by atoms with van der Waals surface area (Å²) in [5.41, 5.74) is 8.54. The SMILES string of the molecule is [Au+].[Au+].[C-]#Cc1ccc2c(c1)c1ccccc1n2C.[C-]#Cc1ccc2c3ccccc3n(C)c2c1.c1ccc(Cc2ccccn2)nc1. The van der Waals surface area contributed by atoms with Gasteiger partial charge in [-0.05, 0) is 41.8 Å². The van der Waals surface area contributed by atoms with Crippen LogP contribution >= 0.6 is 0 Å². The van der Waals surface area contributed by atoms with E-state index in [1.54, 1.807) is 12.4 Å². The predicted octanol–water partition coefficient (Wildman–Crippen LogP) is 8.60. The third kappa shape index (κ3) is 7.69. The predicted molar refractivity (Wildman–Crippen MR) is 185 cm³/mol. The largest absolute Gasteiger partial charge is 1.00 e. The van der Waals surface area contributed by atoms with Crippen molar-refractivity contribution >= 4 is 43.6 Å². The smallest absolute Gasteiger partial charge is 0.366 e.